The van der Waals surface area contributed by atoms with Crippen molar-refractivity contribution in [3.63, 3.8) is 0 Å². The number of hydrogen-bond donors (Lipinski definition) is 1. The van der Waals surface area contributed by atoms with Crippen LogP contribution in [0.25, 0.3) is 11.1 Å². The molecular formula is C13H16N2O3S. The number of fused-ring (bicyclic) bond motifs is 1. The second kappa shape index (κ2) is 4.31. The van der Waals surface area contributed by atoms with Gasteiger partial charge in [0.05, 0.1) is 4.90 Å². The highest BCUT2D eigenvalue weighted by Crippen LogP contribution is 2.33. The quantitative estimate of drug-likeness (QED) is 0.917. The average Bonchev–Trinajstić information content (AvgIpc) is 3.08. The third-order valence-corrected chi connectivity index (χ3v) is 4.58. The van der Waals surface area contributed by atoms with Crippen LogP contribution in [0.15, 0.2) is 27.5 Å². The third-order valence-electron chi connectivity index (χ3n) is 3.47. The van der Waals surface area contributed by atoms with Crippen LogP contribution in [-0.4, -0.2) is 25.7 Å². The van der Waals surface area contributed by atoms with Crippen molar-refractivity contribution in [3.8, 4) is 0 Å². The predicted octanol–water partition coefficient (Wildman–Crippen LogP) is 1.51. The summed E-state index contributed by atoms with van der Waals surface area (Å²) >= 11 is 0. The fourth-order valence-corrected chi connectivity index (χ4v) is 2.81. The van der Waals surface area contributed by atoms with Crippen molar-refractivity contribution in [2.75, 3.05) is 6.26 Å². The molecule has 1 atom stereocenters. The standard InChI is InChI=1S/C13H16N2O3S/c1-19(16,17)9-4-5-12-11(6-9)15-13(18-12)7-10(14)8-2-3-8/h4-6,8,10H,2-3,7,14H2,1H3. The molecule has 2 aromatic rings. The molecule has 0 radical (unpaired) electrons. The van der Waals surface area contributed by atoms with Crippen LogP contribution in [0.5, 0.6) is 0 Å². The van der Waals surface area contributed by atoms with Gasteiger partial charge in [-0.1, -0.05) is 0 Å². The van der Waals surface area contributed by atoms with Crippen LogP contribution in [0.4, 0.5) is 0 Å². The van der Waals surface area contributed by atoms with Gasteiger partial charge in [-0.2, -0.15) is 0 Å². The van der Waals surface area contributed by atoms with Crippen molar-refractivity contribution >= 4 is 20.9 Å². The van der Waals surface area contributed by atoms with Gasteiger partial charge in [0.15, 0.2) is 21.3 Å². The van der Waals surface area contributed by atoms with Crippen molar-refractivity contribution in [2.45, 2.75) is 30.2 Å². The summed E-state index contributed by atoms with van der Waals surface area (Å²) in [4.78, 5) is 4.58. The number of hydrogen-bond acceptors (Lipinski definition) is 5. The lowest BCUT2D eigenvalue weighted by molar-refractivity contribution is 0.475. The summed E-state index contributed by atoms with van der Waals surface area (Å²) in [7, 11) is -3.22. The molecular weight excluding hydrogens is 264 g/mol. The normalized spacial score (nSPS) is 17.8. The van der Waals surface area contributed by atoms with Crippen LogP contribution in [0.1, 0.15) is 18.7 Å². The van der Waals surface area contributed by atoms with Gasteiger partial charge in [0.1, 0.15) is 5.52 Å². The zero-order chi connectivity index (χ0) is 13.6. The van der Waals surface area contributed by atoms with E-state index in [1.807, 2.05) is 0 Å². The Balaban J connectivity index is 1.92. The number of nitrogens with two attached hydrogens (primary N) is 1. The lowest BCUT2D eigenvalue weighted by Crippen LogP contribution is -2.25. The van der Waals surface area contributed by atoms with Gasteiger partial charge in [0, 0.05) is 18.7 Å². The van der Waals surface area contributed by atoms with Gasteiger partial charge in [0.25, 0.3) is 0 Å². The van der Waals surface area contributed by atoms with Crippen molar-refractivity contribution in [1.82, 2.24) is 4.98 Å². The van der Waals surface area contributed by atoms with Crippen molar-refractivity contribution in [1.29, 1.82) is 0 Å². The molecule has 3 rings (SSSR count). The highest BCUT2D eigenvalue weighted by molar-refractivity contribution is 7.90. The number of benzene rings is 1. The van der Waals surface area contributed by atoms with E-state index in [0.717, 1.165) is 0 Å². The van der Waals surface area contributed by atoms with Crippen LogP contribution in [0.3, 0.4) is 0 Å². The van der Waals surface area contributed by atoms with Crippen molar-refractivity contribution in [3.05, 3.63) is 24.1 Å². The molecule has 0 spiro atoms. The average molecular weight is 280 g/mol. The Morgan fingerprint density at radius 3 is 2.84 bits per heavy atom. The van der Waals surface area contributed by atoms with E-state index < -0.39 is 9.84 Å². The monoisotopic (exact) mass is 280 g/mol. The van der Waals surface area contributed by atoms with Gasteiger partial charge >= 0.3 is 0 Å². The van der Waals surface area contributed by atoms with E-state index in [1.54, 1.807) is 12.1 Å². The Kier molecular flexibility index (Phi) is 2.87. The molecule has 1 aromatic heterocycles. The number of aromatic nitrogens is 1. The zero-order valence-electron chi connectivity index (χ0n) is 10.7. The molecule has 102 valence electrons. The van der Waals surface area contributed by atoms with Gasteiger partial charge in [-0.05, 0) is 37.0 Å². The molecule has 1 aliphatic carbocycles. The van der Waals surface area contributed by atoms with Gasteiger partial charge in [0.2, 0.25) is 0 Å². The summed E-state index contributed by atoms with van der Waals surface area (Å²) in [5.41, 5.74) is 7.21. The molecule has 0 aliphatic heterocycles. The lowest BCUT2D eigenvalue weighted by Gasteiger charge is -2.05. The maximum absolute atomic E-state index is 11.5. The molecule has 1 unspecified atom stereocenters. The van der Waals surface area contributed by atoms with Gasteiger partial charge in [-0.25, -0.2) is 13.4 Å². The molecule has 0 amide bonds. The molecule has 5 nitrogen and oxygen atoms in total. The first-order valence-electron chi connectivity index (χ1n) is 6.28. The lowest BCUT2D eigenvalue weighted by atomic mass is 10.1. The van der Waals surface area contributed by atoms with Gasteiger partial charge < -0.3 is 10.2 Å². The van der Waals surface area contributed by atoms with Crippen LogP contribution < -0.4 is 5.73 Å². The second-order valence-corrected chi connectivity index (χ2v) is 7.23. The maximum Gasteiger partial charge on any atom is 0.197 e. The molecule has 1 fully saturated rings. The minimum Gasteiger partial charge on any atom is -0.441 e. The minimum absolute atomic E-state index is 0.0856. The van der Waals surface area contributed by atoms with Crippen molar-refractivity contribution in [2.24, 2.45) is 11.7 Å². The van der Waals surface area contributed by atoms with Crippen LogP contribution in [0.2, 0.25) is 0 Å². The first kappa shape index (κ1) is 12.6. The molecule has 2 N–H and O–H groups in total. The largest absolute Gasteiger partial charge is 0.441 e. The second-order valence-electron chi connectivity index (χ2n) is 5.21. The van der Waals surface area contributed by atoms with Crippen LogP contribution >= 0.6 is 0 Å². The van der Waals surface area contributed by atoms with Gasteiger partial charge in [-0.3, -0.25) is 0 Å². The summed E-state index contributed by atoms with van der Waals surface area (Å²) in [5, 5.41) is 0. The summed E-state index contributed by atoms with van der Waals surface area (Å²) in [5.74, 6) is 1.17. The summed E-state index contributed by atoms with van der Waals surface area (Å²) in [6.07, 6.45) is 4.14. The zero-order valence-corrected chi connectivity index (χ0v) is 11.5. The fraction of sp³-hybridized carbons (Fsp3) is 0.462. The predicted molar refractivity (Wildman–Crippen MR) is 71.5 cm³/mol. The van der Waals surface area contributed by atoms with Crippen molar-refractivity contribution < 1.29 is 12.8 Å². The summed E-state index contributed by atoms with van der Waals surface area (Å²) in [6, 6.07) is 4.81. The Bertz CT molecular complexity index is 717. The van der Waals surface area contributed by atoms with E-state index in [1.165, 1.54) is 25.2 Å². The van der Waals surface area contributed by atoms with E-state index in [-0.39, 0.29) is 10.9 Å². The van der Waals surface area contributed by atoms with E-state index in [0.29, 0.717) is 29.3 Å². The smallest absolute Gasteiger partial charge is 0.197 e. The number of rotatable bonds is 4. The Labute approximate surface area is 111 Å². The molecule has 0 saturated heterocycles. The highest BCUT2D eigenvalue weighted by atomic mass is 32.2. The fourth-order valence-electron chi connectivity index (χ4n) is 2.17. The Hall–Kier alpha value is -1.40. The first-order chi connectivity index (χ1) is 8.93. The number of nitrogens with zero attached hydrogens (tertiary/aromatic N) is 1. The molecule has 1 heterocycles. The Morgan fingerprint density at radius 2 is 2.21 bits per heavy atom. The topological polar surface area (TPSA) is 86.2 Å². The van der Waals surface area contributed by atoms with Crippen LogP contribution in [-0.2, 0) is 16.3 Å². The third kappa shape index (κ3) is 2.64. The molecule has 6 heteroatoms. The van der Waals surface area contributed by atoms with E-state index in [9.17, 15) is 8.42 Å². The number of sulfone groups is 1. The number of oxazole rings is 1. The molecule has 1 aromatic carbocycles. The minimum atomic E-state index is -3.22. The van der Waals surface area contributed by atoms with Gasteiger partial charge in [-0.15, -0.1) is 0 Å². The van der Waals surface area contributed by atoms with E-state index in [4.69, 9.17) is 10.2 Å². The first-order valence-corrected chi connectivity index (χ1v) is 8.18. The molecule has 19 heavy (non-hydrogen) atoms. The maximum atomic E-state index is 11.5. The van der Waals surface area contributed by atoms with E-state index >= 15 is 0 Å². The summed E-state index contributed by atoms with van der Waals surface area (Å²) in [6.45, 7) is 0. The Morgan fingerprint density at radius 1 is 1.47 bits per heavy atom. The summed E-state index contributed by atoms with van der Waals surface area (Å²) < 4.78 is 28.6. The molecule has 1 aliphatic rings. The molecule has 1 saturated carbocycles. The molecule has 0 bridgehead atoms. The van der Waals surface area contributed by atoms with E-state index in [2.05, 4.69) is 4.98 Å². The SMILES string of the molecule is CS(=O)(=O)c1ccc2oc(CC(N)C3CC3)nc2c1. The highest BCUT2D eigenvalue weighted by Gasteiger charge is 2.29. The van der Waals surface area contributed by atoms with Crippen LogP contribution in [0, 0.1) is 5.92 Å².